The molecule has 0 unspecified atom stereocenters. The summed E-state index contributed by atoms with van der Waals surface area (Å²) in [6.07, 6.45) is 1.89. The molecular weight excluding hydrogens is 417 g/mol. The number of esters is 1. The molecule has 1 aromatic heterocycles. The molecule has 2 aromatic carbocycles. The average molecular weight is 439 g/mol. The van der Waals surface area contributed by atoms with Gasteiger partial charge in [0, 0.05) is 32.7 Å². The Labute approximate surface area is 183 Å². The first-order valence-corrected chi connectivity index (χ1v) is 9.60. The lowest BCUT2D eigenvalue weighted by atomic mass is 9.98. The Morgan fingerprint density at radius 1 is 1.03 bits per heavy atom. The van der Waals surface area contributed by atoms with Crippen LogP contribution >= 0.6 is 0 Å². The summed E-state index contributed by atoms with van der Waals surface area (Å²) in [5, 5.41) is 10.9. The van der Waals surface area contributed by atoms with Crippen LogP contribution in [0.15, 0.2) is 42.6 Å². The molecule has 32 heavy (non-hydrogen) atoms. The van der Waals surface area contributed by atoms with Crippen molar-refractivity contribution in [3.63, 3.8) is 0 Å². The van der Waals surface area contributed by atoms with Crippen LogP contribution in [0, 0.1) is 5.82 Å². The molecule has 3 aromatic rings. The number of carbonyl (C=O) groups is 3. The Kier molecular flexibility index (Phi) is 6.38. The Morgan fingerprint density at radius 3 is 2.28 bits per heavy atom. The molecule has 0 saturated carbocycles. The van der Waals surface area contributed by atoms with Crippen molar-refractivity contribution in [3.8, 4) is 5.75 Å². The van der Waals surface area contributed by atoms with Crippen molar-refractivity contribution >= 4 is 28.8 Å². The van der Waals surface area contributed by atoms with Crippen LogP contribution in [0.2, 0.25) is 0 Å². The van der Waals surface area contributed by atoms with Gasteiger partial charge in [-0.3, -0.25) is 14.7 Å². The molecule has 3 amide bonds. The zero-order chi connectivity index (χ0) is 23.6. The number of methoxy groups -OCH3 is 1. The van der Waals surface area contributed by atoms with E-state index < -0.39 is 23.7 Å². The van der Waals surface area contributed by atoms with E-state index in [9.17, 15) is 23.9 Å². The number of rotatable bonds is 4. The summed E-state index contributed by atoms with van der Waals surface area (Å²) in [4.78, 5) is 44.0. The number of fused-ring (bicyclic) bond motifs is 1. The Hall–Kier alpha value is -4.01. The summed E-state index contributed by atoms with van der Waals surface area (Å²) < 4.78 is 17.9. The Balaban J connectivity index is 2.17. The molecule has 0 aliphatic carbocycles. The fourth-order valence-corrected chi connectivity index (χ4v) is 3.26. The smallest absolute Gasteiger partial charge is 0.341 e. The van der Waals surface area contributed by atoms with Crippen LogP contribution in [0.1, 0.15) is 31.8 Å². The van der Waals surface area contributed by atoms with Crippen molar-refractivity contribution in [2.24, 2.45) is 0 Å². The number of aromatic hydroxyl groups is 1. The molecule has 3 rings (SSSR count). The van der Waals surface area contributed by atoms with Crippen molar-refractivity contribution < 1.29 is 28.6 Å². The third-order valence-corrected chi connectivity index (χ3v) is 4.93. The number of hydrogen-bond acceptors (Lipinski definition) is 6. The fourth-order valence-electron chi connectivity index (χ4n) is 3.26. The Morgan fingerprint density at radius 2 is 1.69 bits per heavy atom. The molecule has 0 aliphatic rings. The molecule has 166 valence electrons. The van der Waals surface area contributed by atoms with E-state index >= 15 is 0 Å². The first kappa shape index (κ1) is 22.7. The highest BCUT2D eigenvalue weighted by molar-refractivity contribution is 6.14. The highest BCUT2D eigenvalue weighted by Crippen LogP contribution is 2.32. The lowest BCUT2D eigenvalue weighted by molar-refractivity contribution is 0.0597. The maximum atomic E-state index is 13.2. The number of carbonyl (C=O) groups excluding carboxylic acids is 3. The number of aromatic nitrogens is 1. The van der Waals surface area contributed by atoms with Gasteiger partial charge in [0.15, 0.2) is 5.75 Å². The molecule has 8 nitrogen and oxygen atoms in total. The van der Waals surface area contributed by atoms with Crippen molar-refractivity contribution in [3.05, 3.63) is 70.7 Å². The van der Waals surface area contributed by atoms with Gasteiger partial charge in [0.25, 0.3) is 5.91 Å². The van der Waals surface area contributed by atoms with Crippen LogP contribution in [0.3, 0.4) is 0 Å². The van der Waals surface area contributed by atoms with Gasteiger partial charge < -0.3 is 14.7 Å². The normalized spacial score (nSPS) is 10.7. The minimum absolute atomic E-state index is 0.00403. The minimum atomic E-state index is -0.850. The molecule has 1 N–H and O–H groups in total. The number of benzene rings is 2. The van der Waals surface area contributed by atoms with Gasteiger partial charge >= 0.3 is 12.0 Å². The molecule has 0 bridgehead atoms. The Bertz CT molecular complexity index is 1210. The van der Waals surface area contributed by atoms with E-state index in [0.29, 0.717) is 12.0 Å². The number of nitrogens with zero attached hydrogens (tertiary/aromatic N) is 3. The molecule has 0 atom stereocenters. The molecule has 0 spiro atoms. The monoisotopic (exact) mass is 439 g/mol. The molecule has 1 heterocycles. The second kappa shape index (κ2) is 9.01. The van der Waals surface area contributed by atoms with E-state index in [1.54, 1.807) is 18.2 Å². The predicted octanol–water partition coefficient (Wildman–Crippen LogP) is 3.21. The number of imide groups is 1. The van der Waals surface area contributed by atoms with Gasteiger partial charge in [0.05, 0.1) is 12.7 Å². The minimum Gasteiger partial charge on any atom is -0.505 e. The highest BCUT2D eigenvalue weighted by Gasteiger charge is 2.26. The predicted molar refractivity (Wildman–Crippen MR) is 115 cm³/mol. The highest BCUT2D eigenvalue weighted by atomic mass is 19.1. The van der Waals surface area contributed by atoms with Crippen molar-refractivity contribution in [2.75, 3.05) is 28.3 Å². The number of ether oxygens (including phenoxy) is 1. The standard InChI is InChI=1S/C23H22FN3O5/c1-26(2)23(31)27(3)21(29)17-11-18(22(30)32-4)20(28)19-16(17)10-14(12-25-19)9-13-5-7-15(24)8-6-13/h5-8,10-12,28H,9H2,1-4H3. The van der Waals surface area contributed by atoms with Crippen molar-refractivity contribution in [1.82, 2.24) is 14.8 Å². The lowest BCUT2D eigenvalue weighted by Gasteiger charge is -2.21. The van der Waals surface area contributed by atoms with Gasteiger partial charge in [-0.2, -0.15) is 0 Å². The van der Waals surface area contributed by atoms with Gasteiger partial charge in [-0.1, -0.05) is 12.1 Å². The van der Waals surface area contributed by atoms with Crippen LogP contribution in [-0.4, -0.2) is 66.1 Å². The van der Waals surface area contributed by atoms with E-state index in [1.807, 2.05) is 0 Å². The van der Waals surface area contributed by atoms with Gasteiger partial charge in [0.1, 0.15) is 16.9 Å². The van der Waals surface area contributed by atoms with Crippen molar-refractivity contribution in [2.45, 2.75) is 6.42 Å². The van der Waals surface area contributed by atoms with E-state index in [-0.39, 0.29) is 27.8 Å². The maximum absolute atomic E-state index is 13.2. The molecule has 0 fully saturated rings. The van der Waals surface area contributed by atoms with Crippen LogP contribution in [-0.2, 0) is 11.2 Å². The van der Waals surface area contributed by atoms with Gasteiger partial charge in [0.2, 0.25) is 0 Å². The number of halogens is 1. The van der Waals surface area contributed by atoms with Gasteiger partial charge in [-0.05, 0) is 41.8 Å². The molecule has 0 radical (unpaired) electrons. The maximum Gasteiger partial charge on any atom is 0.341 e. The van der Waals surface area contributed by atoms with E-state index in [1.165, 1.54) is 50.4 Å². The molecular formula is C23H22FN3O5. The van der Waals surface area contributed by atoms with Crippen LogP contribution in [0.5, 0.6) is 5.75 Å². The van der Waals surface area contributed by atoms with E-state index in [2.05, 4.69) is 4.98 Å². The number of phenolic OH excluding ortho intramolecular Hbond substituents is 1. The third-order valence-electron chi connectivity index (χ3n) is 4.93. The summed E-state index contributed by atoms with van der Waals surface area (Å²) in [5.74, 6) is -2.32. The molecule has 9 heteroatoms. The van der Waals surface area contributed by atoms with Crippen LogP contribution in [0.4, 0.5) is 9.18 Å². The topological polar surface area (TPSA) is 100 Å². The lowest BCUT2D eigenvalue weighted by Crippen LogP contribution is -2.40. The second-order valence-corrected chi connectivity index (χ2v) is 7.40. The number of urea groups is 1. The number of amides is 3. The summed E-state index contributed by atoms with van der Waals surface area (Å²) in [6.45, 7) is 0. The quantitative estimate of drug-likeness (QED) is 0.627. The SMILES string of the molecule is COC(=O)c1cc(C(=O)N(C)C(=O)N(C)C)c2cc(Cc3ccc(F)cc3)cnc2c1O. The zero-order valence-corrected chi connectivity index (χ0v) is 18.0. The second-order valence-electron chi connectivity index (χ2n) is 7.40. The summed E-state index contributed by atoms with van der Waals surface area (Å²) in [6, 6.07) is 8.22. The number of hydrogen-bond donors (Lipinski definition) is 1. The number of phenols is 1. The largest absolute Gasteiger partial charge is 0.505 e. The van der Waals surface area contributed by atoms with Crippen LogP contribution in [0.25, 0.3) is 10.9 Å². The van der Waals surface area contributed by atoms with E-state index in [0.717, 1.165) is 17.6 Å². The average Bonchev–Trinajstić information content (AvgIpc) is 2.78. The first-order valence-electron chi connectivity index (χ1n) is 9.60. The summed E-state index contributed by atoms with van der Waals surface area (Å²) >= 11 is 0. The fraction of sp³-hybridized carbons (Fsp3) is 0.217. The zero-order valence-electron chi connectivity index (χ0n) is 18.0. The van der Waals surface area contributed by atoms with Gasteiger partial charge in [-0.25, -0.2) is 14.0 Å². The van der Waals surface area contributed by atoms with E-state index in [4.69, 9.17) is 4.74 Å². The molecule has 0 saturated heterocycles. The third kappa shape index (κ3) is 4.36. The summed E-state index contributed by atoms with van der Waals surface area (Å²) in [5.41, 5.74) is 1.28. The summed E-state index contributed by atoms with van der Waals surface area (Å²) in [7, 11) is 5.47. The first-order chi connectivity index (χ1) is 15.1. The van der Waals surface area contributed by atoms with Crippen molar-refractivity contribution in [1.29, 1.82) is 0 Å². The van der Waals surface area contributed by atoms with Gasteiger partial charge in [-0.15, -0.1) is 0 Å². The number of pyridine rings is 1. The van der Waals surface area contributed by atoms with Crippen LogP contribution < -0.4 is 0 Å². The molecule has 0 aliphatic heterocycles.